The van der Waals surface area contributed by atoms with Crippen LogP contribution in [0.15, 0.2) is 0 Å². The maximum Gasteiger partial charge on any atom is 0.0489 e. The standard InChI is InChI=1S/C11H22ClN/c1-4-10(5-2)13-7-6-9(3)11(12)8-13/h9-11H,4-8H2,1-3H3. The predicted octanol–water partition coefficient (Wildman–Crippen LogP) is 3.12. The third-order valence-electron chi connectivity index (χ3n) is 3.36. The molecule has 1 saturated heterocycles. The molecule has 13 heavy (non-hydrogen) atoms. The van der Waals surface area contributed by atoms with Crippen molar-refractivity contribution < 1.29 is 0 Å². The molecule has 0 aromatic heterocycles. The zero-order valence-corrected chi connectivity index (χ0v) is 9.85. The number of piperidine rings is 1. The molecule has 0 aromatic carbocycles. The summed E-state index contributed by atoms with van der Waals surface area (Å²) in [5.74, 6) is 0.701. The highest BCUT2D eigenvalue weighted by molar-refractivity contribution is 6.21. The molecular formula is C11H22ClN. The highest BCUT2D eigenvalue weighted by Gasteiger charge is 2.27. The minimum atomic E-state index is 0.370. The van der Waals surface area contributed by atoms with Crippen LogP contribution >= 0.6 is 11.6 Å². The van der Waals surface area contributed by atoms with Gasteiger partial charge < -0.3 is 0 Å². The maximum absolute atomic E-state index is 6.28. The molecule has 2 heteroatoms. The molecule has 1 aliphatic rings. The van der Waals surface area contributed by atoms with E-state index in [4.69, 9.17) is 11.6 Å². The summed E-state index contributed by atoms with van der Waals surface area (Å²) < 4.78 is 0. The minimum Gasteiger partial charge on any atom is -0.299 e. The number of hydrogen-bond donors (Lipinski definition) is 0. The Morgan fingerprint density at radius 3 is 2.46 bits per heavy atom. The van der Waals surface area contributed by atoms with Gasteiger partial charge in [-0.2, -0.15) is 0 Å². The lowest BCUT2D eigenvalue weighted by Gasteiger charge is -2.38. The van der Waals surface area contributed by atoms with Crippen LogP contribution < -0.4 is 0 Å². The molecule has 0 radical (unpaired) electrons. The second-order valence-corrected chi connectivity index (χ2v) is 4.81. The molecule has 1 heterocycles. The Hall–Kier alpha value is 0.250. The molecular weight excluding hydrogens is 182 g/mol. The summed E-state index contributed by atoms with van der Waals surface area (Å²) in [7, 11) is 0. The summed E-state index contributed by atoms with van der Waals surface area (Å²) in [5.41, 5.74) is 0. The SMILES string of the molecule is CCC(CC)N1CCC(C)C(Cl)C1. The van der Waals surface area contributed by atoms with E-state index < -0.39 is 0 Å². The van der Waals surface area contributed by atoms with Gasteiger partial charge in [0.25, 0.3) is 0 Å². The first-order valence-electron chi connectivity index (χ1n) is 5.57. The molecule has 1 nitrogen and oxygen atoms in total. The zero-order chi connectivity index (χ0) is 9.84. The van der Waals surface area contributed by atoms with Crippen molar-refractivity contribution in [2.75, 3.05) is 13.1 Å². The third kappa shape index (κ3) is 2.85. The molecule has 1 aliphatic heterocycles. The molecule has 0 N–H and O–H groups in total. The zero-order valence-electron chi connectivity index (χ0n) is 9.09. The van der Waals surface area contributed by atoms with E-state index in [2.05, 4.69) is 25.7 Å². The quantitative estimate of drug-likeness (QED) is 0.638. The second kappa shape index (κ2) is 5.21. The van der Waals surface area contributed by atoms with E-state index in [1.807, 2.05) is 0 Å². The van der Waals surface area contributed by atoms with Crippen LogP contribution in [-0.4, -0.2) is 29.4 Å². The number of alkyl halides is 1. The molecule has 0 aliphatic carbocycles. The number of likely N-dealkylation sites (tertiary alicyclic amines) is 1. The van der Waals surface area contributed by atoms with E-state index in [0.717, 1.165) is 12.6 Å². The Morgan fingerprint density at radius 2 is 2.00 bits per heavy atom. The first-order valence-corrected chi connectivity index (χ1v) is 6.00. The third-order valence-corrected chi connectivity index (χ3v) is 3.93. The molecule has 1 fully saturated rings. The normalized spacial score (nSPS) is 31.2. The topological polar surface area (TPSA) is 3.24 Å². The lowest BCUT2D eigenvalue weighted by Crippen LogP contribution is -2.45. The first-order chi connectivity index (χ1) is 6.19. The van der Waals surface area contributed by atoms with Crippen LogP contribution in [0.1, 0.15) is 40.0 Å². The van der Waals surface area contributed by atoms with Crippen LogP contribution in [0, 0.1) is 5.92 Å². The summed E-state index contributed by atoms with van der Waals surface area (Å²) in [6, 6.07) is 0.758. The van der Waals surface area contributed by atoms with Crippen molar-refractivity contribution in [1.29, 1.82) is 0 Å². The van der Waals surface area contributed by atoms with Crippen molar-refractivity contribution in [3.8, 4) is 0 Å². The van der Waals surface area contributed by atoms with Crippen LogP contribution in [0.5, 0.6) is 0 Å². The fourth-order valence-electron chi connectivity index (χ4n) is 2.18. The molecule has 1 rings (SSSR count). The minimum absolute atomic E-state index is 0.370. The van der Waals surface area contributed by atoms with Gasteiger partial charge in [0.05, 0.1) is 0 Å². The Morgan fingerprint density at radius 1 is 1.38 bits per heavy atom. The summed E-state index contributed by atoms with van der Waals surface area (Å²) in [6.45, 7) is 9.15. The van der Waals surface area contributed by atoms with Crippen molar-refractivity contribution >= 4 is 11.6 Å². The molecule has 0 amide bonds. The Labute approximate surface area is 87.4 Å². The first kappa shape index (κ1) is 11.3. The number of hydrogen-bond acceptors (Lipinski definition) is 1. The van der Waals surface area contributed by atoms with Gasteiger partial charge in [0, 0.05) is 18.0 Å². The number of halogens is 1. The number of rotatable bonds is 3. The average Bonchev–Trinajstić information content (AvgIpc) is 2.13. The van der Waals surface area contributed by atoms with Gasteiger partial charge in [-0.3, -0.25) is 4.90 Å². The van der Waals surface area contributed by atoms with Crippen molar-refractivity contribution in [2.24, 2.45) is 5.92 Å². The van der Waals surface area contributed by atoms with Gasteiger partial charge >= 0.3 is 0 Å². The van der Waals surface area contributed by atoms with E-state index in [9.17, 15) is 0 Å². The van der Waals surface area contributed by atoms with Gasteiger partial charge in [-0.15, -0.1) is 11.6 Å². The van der Waals surface area contributed by atoms with Crippen molar-refractivity contribution in [2.45, 2.75) is 51.5 Å². The van der Waals surface area contributed by atoms with E-state index in [-0.39, 0.29) is 0 Å². The Bertz CT molecular complexity index is 145. The fraction of sp³-hybridized carbons (Fsp3) is 1.00. The smallest absolute Gasteiger partial charge is 0.0489 e. The molecule has 78 valence electrons. The summed E-state index contributed by atoms with van der Waals surface area (Å²) in [4.78, 5) is 2.57. The van der Waals surface area contributed by atoms with Gasteiger partial charge in [-0.25, -0.2) is 0 Å². The van der Waals surface area contributed by atoms with Crippen molar-refractivity contribution in [1.82, 2.24) is 4.90 Å². The lowest BCUT2D eigenvalue weighted by molar-refractivity contribution is 0.134. The van der Waals surface area contributed by atoms with Crippen LogP contribution in [0.2, 0.25) is 0 Å². The monoisotopic (exact) mass is 203 g/mol. The van der Waals surface area contributed by atoms with Crippen LogP contribution in [0.3, 0.4) is 0 Å². The maximum atomic E-state index is 6.28. The second-order valence-electron chi connectivity index (χ2n) is 4.25. The molecule has 2 atom stereocenters. The lowest BCUT2D eigenvalue weighted by atomic mass is 9.96. The molecule has 0 spiro atoms. The van der Waals surface area contributed by atoms with Gasteiger partial charge in [-0.1, -0.05) is 20.8 Å². The van der Waals surface area contributed by atoms with Gasteiger partial charge in [0.1, 0.15) is 0 Å². The predicted molar refractivity (Wildman–Crippen MR) is 59.4 cm³/mol. The number of nitrogens with zero attached hydrogens (tertiary/aromatic N) is 1. The summed E-state index contributed by atoms with van der Waals surface area (Å²) in [5, 5.41) is 0.370. The summed E-state index contributed by atoms with van der Waals surface area (Å²) >= 11 is 6.28. The molecule has 0 saturated carbocycles. The molecule has 2 unspecified atom stereocenters. The van der Waals surface area contributed by atoms with Crippen LogP contribution in [0.25, 0.3) is 0 Å². The van der Waals surface area contributed by atoms with E-state index >= 15 is 0 Å². The Kier molecular flexibility index (Phi) is 4.54. The Balaban J connectivity index is 2.44. The highest BCUT2D eigenvalue weighted by Crippen LogP contribution is 2.24. The van der Waals surface area contributed by atoms with Crippen LogP contribution in [0.4, 0.5) is 0 Å². The highest BCUT2D eigenvalue weighted by atomic mass is 35.5. The van der Waals surface area contributed by atoms with Gasteiger partial charge in [0.2, 0.25) is 0 Å². The van der Waals surface area contributed by atoms with Gasteiger partial charge in [-0.05, 0) is 31.7 Å². The molecule has 0 aromatic rings. The van der Waals surface area contributed by atoms with Crippen LogP contribution in [-0.2, 0) is 0 Å². The fourth-order valence-corrected chi connectivity index (χ4v) is 2.49. The largest absolute Gasteiger partial charge is 0.299 e. The van der Waals surface area contributed by atoms with Crippen molar-refractivity contribution in [3.63, 3.8) is 0 Å². The molecule has 0 bridgehead atoms. The average molecular weight is 204 g/mol. The van der Waals surface area contributed by atoms with E-state index in [0.29, 0.717) is 11.3 Å². The van der Waals surface area contributed by atoms with Crippen molar-refractivity contribution in [3.05, 3.63) is 0 Å². The summed E-state index contributed by atoms with van der Waals surface area (Å²) in [6.07, 6.45) is 3.79. The van der Waals surface area contributed by atoms with E-state index in [1.54, 1.807) is 0 Å². The van der Waals surface area contributed by atoms with E-state index in [1.165, 1.54) is 25.8 Å². The van der Waals surface area contributed by atoms with Gasteiger partial charge in [0.15, 0.2) is 0 Å².